The van der Waals surface area contributed by atoms with E-state index in [1.807, 2.05) is 24.3 Å². The van der Waals surface area contributed by atoms with Gasteiger partial charge in [-0.3, -0.25) is 4.79 Å². The van der Waals surface area contributed by atoms with Crippen LogP contribution in [0.3, 0.4) is 0 Å². The zero-order chi connectivity index (χ0) is 16.4. The van der Waals surface area contributed by atoms with Crippen LogP contribution in [0, 0.1) is 0 Å². The molecule has 1 amide bonds. The lowest BCUT2D eigenvalue weighted by atomic mass is 10.1. The molecule has 0 aromatic heterocycles. The average Bonchev–Trinajstić information content (AvgIpc) is 3.10. The van der Waals surface area contributed by atoms with Crippen LogP contribution in [0.15, 0.2) is 42.5 Å². The number of ether oxygens (including phenoxy) is 3. The smallest absolute Gasteiger partial charge is 0.255 e. The zero-order valence-corrected chi connectivity index (χ0v) is 13.2. The first kappa shape index (κ1) is 14.8. The molecule has 2 aromatic rings. The molecule has 0 radical (unpaired) electrons. The van der Waals surface area contributed by atoms with Crippen molar-refractivity contribution in [3.05, 3.63) is 48.0 Å². The molecule has 0 spiro atoms. The van der Waals surface area contributed by atoms with Crippen molar-refractivity contribution in [3.8, 4) is 11.5 Å². The Kier molecular flexibility index (Phi) is 3.96. The van der Waals surface area contributed by atoms with Crippen molar-refractivity contribution in [2.45, 2.75) is 0 Å². The monoisotopic (exact) mass is 326 g/mol. The van der Waals surface area contributed by atoms with E-state index in [0.29, 0.717) is 22.7 Å². The molecule has 0 aliphatic carbocycles. The van der Waals surface area contributed by atoms with Crippen molar-refractivity contribution < 1.29 is 19.0 Å². The second-order valence-corrected chi connectivity index (χ2v) is 5.67. The number of hydrogen-bond donors (Lipinski definition) is 1. The second kappa shape index (κ2) is 6.41. The van der Waals surface area contributed by atoms with Crippen LogP contribution in [0.2, 0.25) is 0 Å². The maximum atomic E-state index is 12.4. The first-order valence-corrected chi connectivity index (χ1v) is 7.93. The number of rotatable bonds is 3. The molecule has 1 N–H and O–H groups in total. The normalized spacial score (nSPS) is 16.1. The van der Waals surface area contributed by atoms with E-state index in [9.17, 15) is 4.79 Å². The zero-order valence-electron chi connectivity index (χ0n) is 13.2. The van der Waals surface area contributed by atoms with Crippen LogP contribution in [-0.2, 0) is 4.74 Å². The molecule has 2 aromatic carbocycles. The molecular formula is C18H18N2O4. The molecule has 6 nitrogen and oxygen atoms in total. The Bertz CT molecular complexity index is 739. The van der Waals surface area contributed by atoms with Crippen molar-refractivity contribution in [3.63, 3.8) is 0 Å². The fourth-order valence-corrected chi connectivity index (χ4v) is 2.82. The number of carbonyl (C=O) groups excluding carboxylic acids is 1. The van der Waals surface area contributed by atoms with E-state index in [0.717, 1.165) is 32.0 Å². The number of morpholine rings is 1. The van der Waals surface area contributed by atoms with Crippen molar-refractivity contribution in [1.29, 1.82) is 0 Å². The Morgan fingerprint density at radius 1 is 0.958 bits per heavy atom. The van der Waals surface area contributed by atoms with Gasteiger partial charge in [-0.2, -0.15) is 0 Å². The molecule has 0 saturated carbocycles. The van der Waals surface area contributed by atoms with E-state index in [1.54, 1.807) is 18.2 Å². The summed E-state index contributed by atoms with van der Waals surface area (Å²) in [5.74, 6) is 1.20. The van der Waals surface area contributed by atoms with Crippen LogP contribution in [0.25, 0.3) is 0 Å². The maximum absolute atomic E-state index is 12.4. The van der Waals surface area contributed by atoms with Crippen molar-refractivity contribution in [2.75, 3.05) is 43.3 Å². The van der Waals surface area contributed by atoms with Crippen LogP contribution >= 0.6 is 0 Å². The summed E-state index contributed by atoms with van der Waals surface area (Å²) in [6.45, 7) is 3.46. The standard InChI is InChI=1S/C18H18N2O4/c21-18(19-14-3-6-16-17(11-14)24-12-23-16)13-1-4-15(5-2-13)20-7-9-22-10-8-20/h1-6,11H,7-10,12H2,(H,19,21). The summed E-state index contributed by atoms with van der Waals surface area (Å²) in [7, 11) is 0. The third kappa shape index (κ3) is 3.00. The molecule has 0 unspecified atom stereocenters. The number of benzene rings is 2. The first-order chi connectivity index (χ1) is 11.8. The molecular weight excluding hydrogens is 308 g/mol. The summed E-state index contributed by atoms with van der Waals surface area (Å²) in [5, 5.41) is 2.88. The summed E-state index contributed by atoms with van der Waals surface area (Å²) >= 11 is 0. The third-order valence-electron chi connectivity index (χ3n) is 4.14. The van der Waals surface area contributed by atoms with Gasteiger partial charge >= 0.3 is 0 Å². The van der Waals surface area contributed by atoms with Crippen LogP contribution in [-0.4, -0.2) is 39.0 Å². The predicted octanol–water partition coefficient (Wildman–Crippen LogP) is 2.50. The SMILES string of the molecule is O=C(Nc1ccc2c(c1)OCO2)c1ccc(N2CCOCC2)cc1. The first-order valence-electron chi connectivity index (χ1n) is 7.93. The molecule has 4 rings (SSSR count). The molecule has 2 aliphatic rings. The number of carbonyl (C=O) groups is 1. The molecule has 0 atom stereocenters. The van der Waals surface area contributed by atoms with Gasteiger partial charge in [0, 0.05) is 36.1 Å². The molecule has 1 fully saturated rings. The van der Waals surface area contributed by atoms with Gasteiger partial charge in [0.1, 0.15) is 0 Å². The second-order valence-electron chi connectivity index (χ2n) is 5.67. The molecule has 6 heteroatoms. The number of fused-ring (bicyclic) bond motifs is 1. The Morgan fingerprint density at radius 3 is 2.50 bits per heavy atom. The van der Waals surface area contributed by atoms with Crippen LogP contribution in [0.1, 0.15) is 10.4 Å². The maximum Gasteiger partial charge on any atom is 0.255 e. The number of nitrogens with one attached hydrogen (secondary N) is 1. The summed E-state index contributed by atoms with van der Waals surface area (Å²) in [6.07, 6.45) is 0. The van der Waals surface area contributed by atoms with Gasteiger partial charge in [0.15, 0.2) is 11.5 Å². The van der Waals surface area contributed by atoms with E-state index < -0.39 is 0 Å². The van der Waals surface area contributed by atoms with E-state index in [1.165, 1.54) is 0 Å². The highest BCUT2D eigenvalue weighted by Crippen LogP contribution is 2.34. The van der Waals surface area contributed by atoms with Gasteiger partial charge in [-0.1, -0.05) is 0 Å². The summed E-state index contributed by atoms with van der Waals surface area (Å²) in [4.78, 5) is 14.6. The largest absolute Gasteiger partial charge is 0.454 e. The molecule has 124 valence electrons. The highest BCUT2D eigenvalue weighted by molar-refractivity contribution is 6.04. The molecule has 2 aliphatic heterocycles. The fourth-order valence-electron chi connectivity index (χ4n) is 2.82. The van der Waals surface area contributed by atoms with Crippen molar-refractivity contribution in [2.24, 2.45) is 0 Å². The van der Waals surface area contributed by atoms with Crippen molar-refractivity contribution in [1.82, 2.24) is 0 Å². The van der Waals surface area contributed by atoms with E-state index in [4.69, 9.17) is 14.2 Å². The minimum atomic E-state index is -0.151. The predicted molar refractivity (Wildman–Crippen MR) is 90.0 cm³/mol. The summed E-state index contributed by atoms with van der Waals surface area (Å²) < 4.78 is 15.9. The minimum Gasteiger partial charge on any atom is -0.454 e. The number of anilines is 2. The summed E-state index contributed by atoms with van der Waals surface area (Å²) in [5.41, 5.74) is 2.41. The van der Waals surface area contributed by atoms with E-state index in [-0.39, 0.29) is 12.7 Å². The van der Waals surface area contributed by atoms with Crippen molar-refractivity contribution >= 4 is 17.3 Å². The van der Waals surface area contributed by atoms with Crippen LogP contribution in [0.5, 0.6) is 11.5 Å². The lowest BCUT2D eigenvalue weighted by molar-refractivity contribution is 0.102. The quantitative estimate of drug-likeness (QED) is 0.939. The van der Waals surface area contributed by atoms with E-state index >= 15 is 0 Å². The van der Waals surface area contributed by atoms with Gasteiger partial charge < -0.3 is 24.4 Å². The fraction of sp³-hybridized carbons (Fsp3) is 0.278. The lowest BCUT2D eigenvalue weighted by Crippen LogP contribution is -2.36. The third-order valence-corrected chi connectivity index (χ3v) is 4.14. The minimum absolute atomic E-state index is 0.151. The Morgan fingerprint density at radius 2 is 1.71 bits per heavy atom. The highest BCUT2D eigenvalue weighted by Gasteiger charge is 2.15. The van der Waals surface area contributed by atoms with Gasteiger partial charge in [-0.15, -0.1) is 0 Å². The van der Waals surface area contributed by atoms with Gasteiger partial charge in [-0.05, 0) is 36.4 Å². The molecule has 2 heterocycles. The number of hydrogen-bond acceptors (Lipinski definition) is 5. The topological polar surface area (TPSA) is 60.0 Å². The Labute approximate surface area is 139 Å². The number of amides is 1. The highest BCUT2D eigenvalue weighted by atomic mass is 16.7. The van der Waals surface area contributed by atoms with Gasteiger partial charge in [0.25, 0.3) is 5.91 Å². The number of nitrogens with zero attached hydrogens (tertiary/aromatic N) is 1. The van der Waals surface area contributed by atoms with Gasteiger partial charge in [0.2, 0.25) is 6.79 Å². The summed E-state index contributed by atoms with van der Waals surface area (Å²) in [6, 6.07) is 13.0. The van der Waals surface area contributed by atoms with E-state index in [2.05, 4.69) is 10.2 Å². The lowest BCUT2D eigenvalue weighted by Gasteiger charge is -2.28. The molecule has 0 bridgehead atoms. The van der Waals surface area contributed by atoms with Gasteiger partial charge in [-0.25, -0.2) is 0 Å². The van der Waals surface area contributed by atoms with Crippen LogP contribution < -0.4 is 19.7 Å². The molecule has 24 heavy (non-hydrogen) atoms. The Hall–Kier alpha value is -2.73. The molecule has 1 saturated heterocycles. The van der Waals surface area contributed by atoms with Gasteiger partial charge in [0.05, 0.1) is 13.2 Å². The van der Waals surface area contributed by atoms with Crippen LogP contribution in [0.4, 0.5) is 11.4 Å². The Balaban J connectivity index is 1.44. The average molecular weight is 326 g/mol.